The Balaban J connectivity index is 1.99. The van der Waals surface area contributed by atoms with Crippen molar-refractivity contribution in [2.24, 2.45) is 5.92 Å². The fourth-order valence-electron chi connectivity index (χ4n) is 2.20. The smallest absolute Gasteiger partial charge is 0.251 e. The maximum Gasteiger partial charge on any atom is 0.251 e. The van der Waals surface area contributed by atoms with Gasteiger partial charge in [0.25, 0.3) is 5.91 Å². The van der Waals surface area contributed by atoms with E-state index in [1.807, 2.05) is 6.92 Å². The first-order chi connectivity index (χ1) is 10.4. The molecule has 1 saturated heterocycles. The highest BCUT2D eigenvalue weighted by Crippen LogP contribution is 2.16. The third-order valence-corrected chi connectivity index (χ3v) is 4.07. The number of benzene rings is 1. The highest BCUT2D eigenvalue weighted by Gasteiger charge is 2.28. The van der Waals surface area contributed by atoms with Crippen molar-refractivity contribution in [2.45, 2.75) is 46.2 Å². The Labute approximate surface area is 130 Å². The second-order valence-electron chi connectivity index (χ2n) is 6.08. The Morgan fingerprint density at radius 2 is 1.64 bits per heavy atom. The van der Waals surface area contributed by atoms with E-state index < -0.39 is 0 Å². The Morgan fingerprint density at radius 3 is 2.14 bits per heavy atom. The van der Waals surface area contributed by atoms with Crippen LogP contribution in [0.2, 0.25) is 0 Å². The van der Waals surface area contributed by atoms with Crippen LogP contribution in [-0.4, -0.2) is 28.7 Å². The first-order valence-corrected chi connectivity index (χ1v) is 7.61. The summed E-state index contributed by atoms with van der Waals surface area (Å²) in [7, 11) is 0. The molecule has 0 aliphatic carbocycles. The largest absolute Gasteiger partial charge is 0.349 e. The normalized spacial score (nSPS) is 16.3. The van der Waals surface area contributed by atoms with Crippen LogP contribution in [-0.2, 0) is 16.1 Å². The van der Waals surface area contributed by atoms with E-state index in [2.05, 4.69) is 19.2 Å². The van der Waals surface area contributed by atoms with Crippen LogP contribution in [0.4, 0.5) is 0 Å². The molecule has 1 heterocycles. The third kappa shape index (κ3) is 3.72. The molecule has 22 heavy (non-hydrogen) atoms. The number of amides is 3. The Kier molecular flexibility index (Phi) is 4.96. The summed E-state index contributed by atoms with van der Waals surface area (Å²) in [5.41, 5.74) is 1.42. The first-order valence-electron chi connectivity index (χ1n) is 7.61. The molecule has 1 fully saturated rings. The number of nitrogens with zero attached hydrogens (tertiary/aromatic N) is 1. The van der Waals surface area contributed by atoms with Gasteiger partial charge >= 0.3 is 0 Å². The minimum atomic E-state index is -0.127. The lowest BCUT2D eigenvalue weighted by Gasteiger charge is -2.18. The SMILES string of the molecule is CC(C)C(C)NC(=O)c1ccc(CN2C(=O)CCC2=O)cc1. The van der Waals surface area contributed by atoms with Gasteiger partial charge in [0, 0.05) is 24.4 Å². The van der Waals surface area contributed by atoms with Crippen molar-refractivity contribution in [2.75, 3.05) is 0 Å². The Hall–Kier alpha value is -2.17. The van der Waals surface area contributed by atoms with Gasteiger partial charge < -0.3 is 5.32 Å². The van der Waals surface area contributed by atoms with Gasteiger partial charge in [-0.25, -0.2) is 0 Å². The lowest BCUT2D eigenvalue weighted by Crippen LogP contribution is -2.36. The maximum atomic E-state index is 12.1. The summed E-state index contributed by atoms with van der Waals surface area (Å²) in [6.45, 7) is 6.36. The van der Waals surface area contributed by atoms with Crippen molar-refractivity contribution in [3.63, 3.8) is 0 Å². The monoisotopic (exact) mass is 302 g/mol. The molecule has 1 N–H and O–H groups in total. The van der Waals surface area contributed by atoms with Crippen LogP contribution in [0.3, 0.4) is 0 Å². The van der Waals surface area contributed by atoms with Gasteiger partial charge in [0.1, 0.15) is 0 Å². The van der Waals surface area contributed by atoms with E-state index in [-0.39, 0.29) is 30.3 Å². The molecule has 118 valence electrons. The molecule has 1 atom stereocenters. The molecule has 5 nitrogen and oxygen atoms in total. The predicted molar refractivity (Wildman–Crippen MR) is 83.0 cm³/mol. The average molecular weight is 302 g/mol. The van der Waals surface area contributed by atoms with E-state index in [9.17, 15) is 14.4 Å². The molecule has 2 rings (SSSR count). The molecule has 1 aliphatic rings. The minimum Gasteiger partial charge on any atom is -0.349 e. The van der Waals surface area contributed by atoms with Crippen molar-refractivity contribution in [3.8, 4) is 0 Å². The van der Waals surface area contributed by atoms with Crippen LogP contribution in [0.15, 0.2) is 24.3 Å². The molecule has 1 aromatic rings. The van der Waals surface area contributed by atoms with Crippen LogP contribution >= 0.6 is 0 Å². The molecule has 5 heteroatoms. The highest BCUT2D eigenvalue weighted by molar-refractivity contribution is 6.01. The van der Waals surface area contributed by atoms with E-state index in [0.717, 1.165) is 5.56 Å². The lowest BCUT2D eigenvalue weighted by molar-refractivity contribution is -0.139. The van der Waals surface area contributed by atoms with E-state index in [0.29, 0.717) is 24.3 Å². The summed E-state index contributed by atoms with van der Waals surface area (Å²) in [6.07, 6.45) is 0.596. The summed E-state index contributed by atoms with van der Waals surface area (Å²) in [5, 5.41) is 2.94. The summed E-state index contributed by atoms with van der Waals surface area (Å²) >= 11 is 0. The van der Waals surface area contributed by atoms with Gasteiger partial charge in [-0.15, -0.1) is 0 Å². The van der Waals surface area contributed by atoms with E-state index in [1.54, 1.807) is 24.3 Å². The van der Waals surface area contributed by atoms with Crippen molar-refractivity contribution >= 4 is 17.7 Å². The number of imide groups is 1. The van der Waals surface area contributed by atoms with Gasteiger partial charge in [0.2, 0.25) is 11.8 Å². The van der Waals surface area contributed by atoms with Gasteiger partial charge in [-0.2, -0.15) is 0 Å². The van der Waals surface area contributed by atoms with Crippen molar-refractivity contribution in [1.82, 2.24) is 10.2 Å². The summed E-state index contributed by atoms with van der Waals surface area (Å²) in [5.74, 6) is 0.00615. The zero-order chi connectivity index (χ0) is 16.3. The van der Waals surface area contributed by atoms with Gasteiger partial charge in [-0.3, -0.25) is 19.3 Å². The highest BCUT2D eigenvalue weighted by atomic mass is 16.2. The second-order valence-corrected chi connectivity index (χ2v) is 6.08. The van der Waals surface area contributed by atoms with Crippen LogP contribution in [0.25, 0.3) is 0 Å². The zero-order valence-corrected chi connectivity index (χ0v) is 13.3. The summed E-state index contributed by atoms with van der Waals surface area (Å²) in [4.78, 5) is 36.5. The minimum absolute atomic E-state index is 0.104. The molecular weight excluding hydrogens is 280 g/mol. The van der Waals surface area contributed by atoms with Gasteiger partial charge in [-0.1, -0.05) is 26.0 Å². The number of rotatable bonds is 5. The fourth-order valence-corrected chi connectivity index (χ4v) is 2.20. The quantitative estimate of drug-likeness (QED) is 0.847. The van der Waals surface area contributed by atoms with Crippen molar-refractivity contribution in [3.05, 3.63) is 35.4 Å². The van der Waals surface area contributed by atoms with Crippen molar-refractivity contribution in [1.29, 1.82) is 0 Å². The van der Waals surface area contributed by atoms with Gasteiger partial charge in [0.15, 0.2) is 0 Å². The second kappa shape index (κ2) is 6.73. The number of hydrogen-bond acceptors (Lipinski definition) is 3. The molecular formula is C17H22N2O3. The number of nitrogens with one attached hydrogen (secondary N) is 1. The van der Waals surface area contributed by atoms with Crippen LogP contribution in [0.1, 0.15) is 49.5 Å². The molecule has 3 amide bonds. The van der Waals surface area contributed by atoms with E-state index in [1.165, 1.54) is 4.90 Å². The van der Waals surface area contributed by atoms with E-state index in [4.69, 9.17) is 0 Å². The number of hydrogen-bond donors (Lipinski definition) is 1. The maximum absolute atomic E-state index is 12.1. The van der Waals surface area contributed by atoms with Crippen LogP contribution in [0.5, 0.6) is 0 Å². The molecule has 0 spiro atoms. The molecule has 0 radical (unpaired) electrons. The molecule has 0 aromatic heterocycles. The van der Waals surface area contributed by atoms with Crippen molar-refractivity contribution < 1.29 is 14.4 Å². The Bertz CT molecular complexity index is 562. The third-order valence-electron chi connectivity index (χ3n) is 4.07. The molecule has 0 bridgehead atoms. The summed E-state index contributed by atoms with van der Waals surface area (Å²) in [6, 6.07) is 7.12. The standard InChI is InChI=1S/C17H22N2O3/c1-11(2)12(3)18-17(22)14-6-4-13(5-7-14)10-19-15(20)8-9-16(19)21/h4-7,11-12H,8-10H2,1-3H3,(H,18,22). The molecule has 1 aromatic carbocycles. The predicted octanol–water partition coefficient (Wildman–Crippen LogP) is 2.11. The average Bonchev–Trinajstić information content (AvgIpc) is 2.79. The van der Waals surface area contributed by atoms with Gasteiger partial charge in [-0.05, 0) is 30.5 Å². The van der Waals surface area contributed by atoms with Gasteiger partial charge in [0.05, 0.1) is 6.54 Å². The zero-order valence-electron chi connectivity index (χ0n) is 13.3. The topological polar surface area (TPSA) is 66.5 Å². The lowest BCUT2D eigenvalue weighted by atomic mass is 10.1. The molecule has 0 saturated carbocycles. The molecule has 1 aliphatic heterocycles. The number of carbonyl (C=O) groups is 3. The number of likely N-dealkylation sites (tertiary alicyclic amines) is 1. The fraction of sp³-hybridized carbons (Fsp3) is 0.471. The van der Waals surface area contributed by atoms with Crippen LogP contribution < -0.4 is 5.32 Å². The Morgan fingerprint density at radius 1 is 1.09 bits per heavy atom. The summed E-state index contributed by atoms with van der Waals surface area (Å²) < 4.78 is 0. The van der Waals surface area contributed by atoms with Crippen LogP contribution in [0, 0.1) is 5.92 Å². The molecule has 1 unspecified atom stereocenters. The van der Waals surface area contributed by atoms with E-state index >= 15 is 0 Å². The first kappa shape index (κ1) is 16.2. The number of carbonyl (C=O) groups excluding carboxylic acids is 3.